The second kappa shape index (κ2) is 5.79. The summed E-state index contributed by atoms with van der Waals surface area (Å²) in [4.78, 5) is 0. The van der Waals surface area contributed by atoms with E-state index in [4.69, 9.17) is 16.3 Å². The first kappa shape index (κ1) is 12.8. The molecule has 2 rings (SSSR count). The van der Waals surface area contributed by atoms with Gasteiger partial charge in [0.05, 0.1) is 0 Å². The Labute approximate surface area is 113 Å². The van der Waals surface area contributed by atoms with E-state index in [2.05, 4.69) is 9.59 Å². The number of ether oxygens (including phenoxy) is 1. The molecule has 2 aromatic rings. The summed E-state index contributed by atoms with van der Waals surface area (Å²) in [5.74, 6) is 0.685. The number of rotatable bonds is 4. The van der Waals surface area contributed by atoms with E-state index in [9.17, 15) is 5.21 Å². The first-order valence-electron chi connectivity index (χ1n) is 5.09. The summed E-state index contributed by atoms with van der Waals surface area (Å²) in [5.41, 5.74) is 1.44. The topological polar surface area (TPSA) is 61.1 Å². The average molecular weight is 284 g/mol. The number of hydroxylamine groups is 1. The highest BCUT2D eigenvalue weighted by Crippen LogP contribution is 2.19. The van der Waals surface area contributed by atoms with Crippen molar-refractivity contribution in [1.82, 2.24) is 9.59 Å². The van der Waals surface area contributed by atoms with Gasteiger partial charge in [-0.3, -0.25) is 0 Å². The second-order valence-electron chi connectivity index (χ2n) is 3.53. The van der Waals surface area contributed by atoms with Gasteiger partial charge in [-0.1, -0.05) is 16.1 Å². The van der Waals surface area contributed by atoms with E-state index in [1.54, 1.807) is 24.3 Å². The molecule has 0 amide bonds. The van der Waals surface area contributed by atoms with E-state index in [-0.39, 0.29) is 6.61 Å². The highest BCUT2D eigenvalue weighted by atomic mass is 35.5. The smallest absolute Gasteiger partial charge is 0.181 e. The number of hydrogen-bond donors (Lipinski definition) is 0. The van der Waals surface area contributed by atoms with Crippen molar-refractivity contribution >= 4 is 29.3 Å². The summed E-state index contributed by atoms with van der Waals surface area (Å²) in [7, 11) is 1.43. The number of hydrogen-bond acceptors (Lipinski definition) is 5. The molecule has 1 aromatic heterocycles. The maximum atomic E-state index is 10.8. The molecule has 0 spiro atoms. The molecular weight excluding hydrogens is 274 g/mol. The Morgan fingerprint density at radius 1 is 1.44 bits per heavy atom. The monoisotopic (exact) mass is 283 g/mol. The van der Waals surface area contributed by atoms with Crippen LogP contribution in [0.5, 0.6) is 5.75 Å². The fourth-order valence-electron chi connectivity index (χ4n) is 1.29. The van der Waals surface area contributed by atoms with E-state index >= 15 is 0 Å². The Kier molecular flexibility index (Phi) is 4.11. The molecule has 94 valence electrons. The Bertz CT molecular complexity index is 550. The fraction of sp³-hybridized carbons (Fsp3) is 0.182. The van der Waals surface area contributed by atoms with Gasteiger partial charge in [0.1, 0.15) is 29.4 Å². The summed E-state index contributed by atoms with van der Waals surface area (Å²) in [6.07, 6.45) is 1.48. The van der Waals surface area contributed by atoms with Crippen LogP contribution in [0.2, 0.25) is 4.34 Å². The van der Waals surface area contributed by atoms with Gasteiger partial charge >= 0.3 is 0 Å². The summed E-state index contributed by atoms with van der Waals surface area (Å²) >= 11 is 6.98. The quantitative estimate of drug-likeness (QED) is 0.374. The fourth-order valence-corrected chi connectivity index (χ4v) is 1.90. The standard InChI is InChI=1S/C11H10ClN3O2S/c1-15(16)6-8-2-4-9(5-3-8)17-7-10-11(12)18-14-13-10/h2-6H,7H2,1H3/b15-6+. The molecule has 0 aliphatic carbocycles. The minimum Gasteiger partial charge on any atom is -0.624 e. The largest absolute Gasteiger partial charge is 0.624 e. The van der Waals surface area contributed by atoms with Crippen LogP contribution < -0.4 is 4.74 Å². The third kappa shape index (κ3) is 3.41. The molecule has 7 heteroatoms. The molecule has 18 heavy (non-hydrogen) atoms. The minimum absolute atomic E-state index is 0.278. The first-order chi connectivity index (χ1) is 8.65. The molecule has 0 saturated heterocycles. The van der Waals surface area contributed by atoms with Crippen LogP contribution in [0.25, 0.3) is 0 Å². The lowest BCUT2D eigenvalue weighted by atomic mass is 10.2. The minimum atomic E-state index is 0.278. The van der Waals surface area contributed by atoms with Crippen LogP contribution in [0.15, 0.2) is 24.3 Å². The summed E-state index contributed by atoms with van der Waals surface area (Å²) in [5, 5.41) is 14.7. The first-order valence-corrected chi connectivity index (χ1v) is 6.25. The highest BCUT2D eigenvalue weighted by Gasteiger charge is 2.05. The molecule has 1 aromatic carbocycles. The molecule has 0 bridgehead atoms. The van der Waals surface area contributed by atoms with Gasteiger partial charge in [0.15, 0.2) is 6.21 Å². The van der Waals surface area contributed by atoms with Crippen molar-refractivity contribution in [2.45, 2.75) is 6.61 Å². The van der Waals surface area contributed by atoms with Crippen molar-refractivity contribution in [3.63, 3.8) is 0 Å². The Balaban J connectivity index is 1.99. The molecule has 0 N–H and O–H groups in total. The lowest BCUT2D eigenvalue weighted by Crippen LogP contribution is -1.99. The summed E-state index contributed by atoms with van der Waals surface area (Å²) in [6, 6.07) is 7.15. The van der Waals surface area contributed by atoms with Crippen molar-refractivity contribution < 1.29 is 9.48 Å². The predicted octanol–water partition coefficient (Wildman–Crippen LogP) is 2.33. The van der Waals surface area contributed by atoms with Crippen LogP contribution in [0, 0.1) is 5.21 Å². The van der Waals surface area contributed by atoms with Gasteiger partial charge < -0.3 is 9.94 Å². The van der Waals surface area contributed by atoms with E-state index in [1.165, 1.54) is 13.3 Å². The van der Waals surface area contributed by atoms with Crippen LogP contribution in [0.4, 0.5) is 0 Å². The zero-order chi connectivity index (χ0) is 13.0. The van der Waals surface area contributed by atoms with Crippen LogP contribution in [0.3, 0.4) is 0 Å². The van der Waals surface area contributed by atoms with Gasteiger partial charge in [0.2, 0.25) is 0 Å². The number of halogens is 1. The zero-order valence-electron chi connectivity index (χ0n) is 9.54. The Hall–Kier alpha value is -1.66. The third-order valence-electron chi connectivity index (χ3n) is 2.10. The number of nitrogens with zero attached hydrogens (tertiary/aromatic N) is 3. The second-order valence-corrected chi connectivity index (χ2v) is 4.88. The number of aromatic nitrogens is 2. The van der Waals surface area contributed by atoms with Crippen molar-refractivity contribution in [2.24, 2.45) is 0 Å². The van der Waals surface area contributed by atoms with Gasteiger partial charge in [0, 0.05) is 17.1 Å². The van der Waals surface area contributed by atoms with Gasteiger partial charge in [-0.15, -0.1) is 5.10 Å². The van der Waals surface area contributed by atoms with Crippen LogP contribution in [0.1, 0.15) is 11.3 Å². The highest BCUT2D eigenvalue weighted by molar-refractivity contribution is 7.10. The molecule has 5 nitrogen and oxygen atoms in total. The molecule has 0 unspecified atom stereocenters. The van der Waals surface area contributed by atoms with Crippen molar-refractivity contribution in [1.29, 1.82) is 0 Å². The molecule has 0 aliphatic rings. The van der Waals surface area contributed by atoms with E-state index in [0.29, 0.717) is 15.8 Å². The van der Waals surface area contributed by atoms with Crippen LogP contribution in [-0.2, 0) is 6.61 Å². The van der Waals surface area contributed by atoms with E-state index < -0.39 is 0 Å². The van der Waals surface area contributed by atoms with Gasteiger partial charge in [-0.25, -0.2) is 4.74 Å². The van der Waals surface area contributed by atoms with Gasteiger partial charge in [0.25, 0.3) is 0 Å². The zero-order valence-corrected chi connectivity index (χ0v) is 11.1. The molecule has 1 heterocycles. The van der Waals surface area contributed by atoms with Gasteiger partial charge in [-0.2, -0.15) is 0 Å². The lowest BCUT2D eigenvalue weighted by Gasteiger charge is -2.04. The van der Waals surface area contributed by atoms with Gasteiger partial charge in [-0.05, 0) is 24.3 Å². The third-order valence-corrected chi connectivity index (χ3v) is 3.08. The maximum absolute atomic E-state index is 10.8. The van der Waals surface area contributed by atoms with Crippen LogP contribution in [-0.4, -0.2) is 27.6 Å². The van der Waals surface area contributed by atoms with Crippen molar-refractivity contribution in [3.8, 4) is 5.75 Å². The normalized spacial score (nSPS) is 11.6. The molecule has 0 saturated carbocycles. The average Bonchev–Trinajstić information content (AvgIpc) is 2.73. The summed E-state index contributed by atoms with van der Waals surface area (Å²) in [6.45, 7) is 0.278. The maximum Gasteiger partial charge on any atom is 0.181 e. The molecule has 0 atom stereocenters. The molecular formula is C11H10ClN3O2S. The number of benzene rings is 1. The Morgan fingerprint density at radius 2 is 2.17 bits per heavy atom. The Morgan fingerprint density at radius 3 is 2.72 bits per heavy atom. The molecule has 0 aliphatic heterocycles. The van der Waals surface area contributed by atoms with E-state index in [1.807, 2.05) is 0 Å². The van der Waals surface area contributed by atoms with Crippen LogP contribution >= 0.6 is 23.1 Å². The molecule has 0 radical (unpaired) electrons. The van der Waals surface area contributed by atoms with Crippen molar-refractivity contribution in [3.05, 3.63) is 45.1 Å². The van der Waals surface area contributed by atoms with E-state index in [0.717, 1.165) is 21.8 Å². The predicted molar refractivity (Wildman–Crippen MR) is 70.4 cm³/mol. The van der Waals surface area contributed by atoms with Crippen molar-refractivity contribution in [2.75, 3.05) is 7.05 Å². The SMILES string of the molecule is C/[N+]([O-])=C\c1ccc(OCc2nnsc2Cl)cc1. The molecule has 0 fully saturated rings. The summed E-state index contributed by atoms with van der Waals surface area (Å²) < 4.78 is 10.5. The lowest BCUT2D eigenvalue weighted by molar-refractivity contribution is -0.416.